The first kappa shape index (κ1) is 17.9. The van der Waals surface area contributed by atoms with Gasteiger partial charge in [0.05, 0.1) is 5.92 Å². The fourth-order valence-electron chi connectivity index (χ4n) is 4.40. The van der Waals surface area contributed by atoms with Crippen molar-refractivity contribution >= 4 is 5.97 Å². The Kier molecular flexibility index (Phi) is 4.37. The maximum atomic E-state index is 12.6. The summed E-state index contributed by atoms with van der Waals surface area (Å²) < 4.78 is 31.0. The number of hydrogen-bond acceptors (Lipinski definition) is 2. The van der Waals surface area contributed by atoms with Crippen molar-refractivity contribution in [1.82, 2.24) is 0 Å². The highest BCUT2D eigenvalue weighted by atomic mass is 19.3. The molecule has 140 valence electrons. The highest BCUT2D eigenvalue weighted by Crippen LogP contribution is 2.60. The van der Waals surface area contributed by atoms with Crippen molar-refractivity contribution in [1.29, 1.82) is 0 Å². The number of rotatable bonds is 4. The zero-order chi connectivity index (χ0) is 19.2. The average molecular weight is 368 g/mol. The molecular formula is C23H22F2O2. The third kappa shape index (κ3) is 3.29. The molecule has 2 aromatic carbocycles. The minimum absolute atomic E-state index is 0.228. The van der Waals surface area contributed by atoms with Gasteiger partial charge in [0.2, 0.25) is 0 Å². The molecule has 0 saturated heterocycles. The Hall–Kier alpha value is -2.49. The Morgan fingerprint density at radius 2 is 1.81 bits per heavy atom. The Labute approximate surface area is 157 Å². The lowest BCUT2D eigenvalue weighted by molar-refractivity contribution is -0.151. The van der Waals surface area contributed by atoms with Gasteiger partial charge in [-0.15, -0.1) is 0 Å². The SMILES string of the molecule is CC1(C)[C@@H](C=C(F)F)[C@@H]1C(=O)OC1Cc2cccc(-c3ccccc3)c2C1. The van der Waals surface area contributed by atoms with Gasteiger partial charge in [0.25, 0.3) is 6.08 Å². The third-order valence-corrected chi connectivity index (χ3v) is 5.99. The second kappa shape index (κ2) is 6.59. The van der Waals surface area contributed by atoms with Crippen molar-refractivity contribution < 1.29 is 18.3 Å². The normalized spacial score (nSPS) is 24.8. The molecule has 4 heteroatoms. The minimum atomic E-state index is -1.73. The Bertz CT molecular complexity index is 898. The fraction of sp³-hybridized carbons (Fsp3) is 0.348. The Balaban J connectivity index is 1.49. The van der Waals surface area contributed by atoms with Gasteiger partial charge in [-0.05, 0) is 33.7 Å². The lowest BCUT2D eigenvalue weighted by Crippen LogP contribution is -2.21. The van der Waals surface area contributed by atoms with Crippen LogP contribution < -0.4 is 0 Å². The maximum absolute atomic E-state index is 12.6. The van der Waals surface area contributed by atoms with Gasteiger partial charge in [0.1, 0.15) is 6.10 Å². The molecule has 1 fully saturated rings. The van der Waals surface area contributed by atoms with Crippen LogP contribution in [0.4, 0.5) is 8.78 Å². The number of carbonyl (C=O) groups is 1. The van der Waals surface area contributed by atoms with Crippen molar-refractivity contribution in [3.63, 3.8) is 0 Å². The van der Waals surface area contributed by atoms with E-state index in [1.54, 1.807) is 0 Å². The Morgan fingerprint density at radius 1 is 1.07 bits per heavy atom. The number of fused-ring (bicyclic) bond motifs is 1. The van der Waals surface area contributed by atoms with Crippen LogP contribution in [0.3, 0.4) is 0 Å². The molecule has 2 aromatic rings. The van der Waals surface area contributed by atoms with Crippen LogP contribution in [0, 0.1) is 17.3 Å². The molecule has 2 aliphatic carbocycles. The van der Waals surface area contributed by atoms with Crippen molar-refractivity contribution in [3.8, 4) is 11.1 Å². The summed E-state index contributed by atoms with van der Waals surface area (Å²) in [6.45, 7) is 3.67. The van der Waals surface area contributed by atoms with Gasteiger partial charge in [0.15, 0.2) is 0 Å². The van der Waals surface area contributed by atoms with Crippen LogP contribution in [0.5, 0.6) is 0 Å². The zero-order valence-electron chi connectivity index (χ0n) is 15.4. The summed E-state index contributed by atoms with van der Waals surface area (Å²) in [6.07, 6.45) is 0.269. The second-order valence-electron chi connectivity index (χ2n) is 8.06. The molecule has 0 N–H and O–H groups in total. The summed E-state index contributed by atoms with van der Waals surface area (Å²) >= 11 is 0. The predicted octanol–water partition coefficient (Wildman–Crippen LogP) is 5.42. The van der Waals surface area contributed by atoms with Crippen molar-refractivity contribution in [2.24, 2.45) is 17.3 Å². The predicted molar refractivity (Wildman–Crippen MR) is 100 cm³/mol. The molecule has 0 aromatic heterocycles. The van der Waals surface area contributed by atoms with Crippen LogP contribution in [0.1, 0.15) is 25.0 Å². The minimum Gasteiger partial charge on any atom is -0.461 e. The van der Waals surface area contributed by atoms with Gasteiger partial charge in [0, 0.05) is 18.8 Å². The van der Waals surface area contributed by atoms with E-state index in [-0.39, 0.29) is 12.1 Å². The van der Waals surface area contributed by atoms with Crippen molar-refractivity contribution in [3.05, 3.63) is 71.8 Å². The first-order chi connectivity index (χ1) is 12.9. The first-order valence-corrected chi connectivity index (χ1v) is 9.27. The zero-order valence-corrected chi connectivity index (χ0v) is 15.4. The van der Waals surface area contributed by atoms with E-state index in [0.717, 1.165) is 11.6 Å². The average Bonchev–Trinajstić information content (AvgIpc) is 2.97. The van der Waals surface area contributed by atoms with Crippen molar-refractivity contribution in [2.45, 2.75) is 32.8 Å². The van der Waals surface area contributed by atoms with E-state index in [4.69, 9.17) is 4.74 Å². The first-order valence-electron chi connectivity index (χ1n) is 9.27. The van der Waals surface area contributed by atoms with Crippen LogP contribution in [-0.2, 0) is 22.4 Å². The van der Waals surface area contributed by atoms with Gasteiger partial charge >= 0.3 is 5.97 Å². The molecule has 1 unspecified atom stereocenters. The molecule has 0 radical (unpaired) electrons. The van der Waals surface area contributed by atoms with Crippen LogP contribution in [0.15, 0.2) is 60.7 Å². The van der Waals surface area contributed by atoms with Crippen LogP contribution in [0.2, 0.25) is 0 Å². The molecule has 3 atom stereocenters. The van der Waals surface area contributed by atoms with E-state index in [1.807, 2.05) is 38.1 Å². The fourth-order valence-corrected chi connectivity index (χ4v) is 4.40. The summed E-state index contributed by atoms with van der Waals surface area (Å²) in [5.41, 5.74) is 4.24. The summed E-state index contributed by atoms with van der Waals surface area (Å²) in [6, 6.07) is 16.3. The molecule has 1 saturated carbocycles. The number of carbonyl (C=O) groups excluding carboxylic acids is 1. The molecule has 2 nitrogen and oxygen atoms in total. The number of hydrogen-bond donors (Lipinski definition) is 0. The quantitative estimate of drug-likeness (QED) is 0.674. The van der Waals surface area contributed by atoms with E-state index in [0.29, 0.717) is 12.8 Å². The number of benzene rings is 2. The lowest BCUT2D eigenvalue weighted by Gasteiger charge is -2.12. The Morgan fingerprint density at radius 3 is 2.52 bits per heavy atom. The van der Waals surface area contributed by atoms with E-state index in [2.05, 4.69) is 24.3 Å². The summed E-state index contributed by atoms with van der Waals surface area (Å²) in [5, 5.41) is 0. The monoisotopic (exact) mass is 368 g/mol. The third-order valence-electron chi connectivity index (χ3n) is 5.99. The maximum Gasteiger partial charge on any atom is 0.310 e. The van der Waals surface area contributed by atoms with Crippen LogP contribution >= 0.6 is 0 Å². The number of esters is 1. The summed E-state index contributed by atoms with van der Waals surface area (Å²) in [5.74, 6) is -1.29. The van der Waals surface area contributed by atoms with Gasteiger partial charge < -0.3 is 4.74 Å². The number of ether oxygens (including phenoxy) is 1. The van der Waals surface area contributed by atoms with Crippen molar-refractivity contribution in [2.75, 3.05) is 0 Å². The smallest absolute Gasteiger partial charge is 0.310 e. The number of halogens is 2. The van der Waals surface area contributed by atoms with E-state index < -0.39 is 23.3 Å². The lowest BCUT2D eigenvalue weighted by atomic mass is 9.97. The largest absolute Gasteiger partial charge is 0.461 e. The highest BCUT2D eigenvalue weighted by molar-refractivity contribution is 5.79. The molecule has 0 heterocycles. The molecule has 4 rings (SSSR count). The molecule has 27 heavy (non-hydrogen) atoms. The van der Waals surface area contributed by atoms with E-state index in [1.165, 1.54) is 16.7 Å². The highest BCUT2D eigenvalue weighted by Gasteiger charge is 2.62. The standard InChI is InChI=1S/C23H22F2O2/c1-23(2)19(13-20(24)25)21(23)22(26)27-16-11-15-9-6-10-17(18(15)12-16)14-7-4-3-5-8-14/h3-10,13,16,19,21H,11-12H2,1-2H3/t16?,19-,21+/m0/s1. The van der Waals surface area contributed by atoms with Crippen LogP contribution in [0.25, 0.3) is 11.1 Å². The molecule has 0 amide bonds. The van der Waals surface area contributed by atoms with Gasteiger partial charge in [-0.25, -0.2) is 0 Å². The molecule has 0 spiro atoms. The summed E-state index contributed by atoms with van der Waals surface area (Å²) in [7, 11) is 0. The topological polar surface area (TPSA) is 26.3 Å². The number of allylic oxidation sites excluding steroid dienone is 1. The second-order valence-corrected chi connectivity index (χ2v) is 8.06. The molecule has 0 bridgehead atoms. The van der Waals surface area contributed by atoms with Crippen LogP contribution in [-0.4, -0.2) is 12.1 Å². The van der Waals surface area contributed by atoms with Gasteiger partial charge in [-0.3, -0.25) is 4.79 Å². The van der Waals surface area contributed by atoms with E-state index in [9.17, 15) is 13.6 Å². The summed E-state index contributed by atoms with van der Waals surface area (Å²) in [4.78, 5) is 12.6. The van der Waals surface area contributed by atoms with Gasteiger partial charge in [-0.1, -0.05) is 62.4 Å². The van der Waals surface area contributed by atoms with E-state index >= 15 is 0 Å². The van der Waals surface area contributed by atoms with Gasteiger partial charge in [-0.2, -0.15) is 8.78 Å². The molecule has 2 aliphatic rings. The molecule has 0 aliphatic heterocycles. The molecular weight excluding hydrogens is 346 g/mol.